The van der Waals surface area contributed by atoms with Gasteiger partial charge in [0.1, 0.15) is 0 Å². The molecule has 1 heterocycles. The Balaban J connectivity index is 1.89. The van der Waals surface area contributed by atoms with E-state index in [1.807, 2.05) is 43.1 Å². The zero-order chi connectivity index (χ0) is 12.3. The van der Waals surface area contributed by atoms with Gasteiger partial charge < -0.3 is 10.2 Å². The van der Waals surface area contributed by atoms with Crippen molar-refractivity contribution in [2.24, 2.45) is 5.92 Å². The Bertz CT molecular complexity index is 399. The van der Waals surface area contributed by atoms with Crippen LogP contribution in [-0.2, 0) is 0 Å². The fourth-order valence-electron chi connectivity index (χ4n) is 2.03. The molecule has 3 heteroatoms. The van der Waals surface area contributed by atoms with E-state index >= 15 is 0 Å². The first-order valence-electron chi connectivity index (χ1n) is 6.19. The van der Waals surface area contributed by atoms with E-state index in [1.165, 1.54) is 0 Å². The average molecular weight is 232 g/mol. The molecule has 92 valence electrons. The summed E-state index contributed by atoms with van der Waals surface area (Å²) in [5.41, 5.74) is 1.92. The van der Waals surface area contributed by atoms with E-state index in [4.69, 9.17) is 0 Å². The molecule has 0 atom stereocenters. The number of nitrogens with one attached hydrogen (secondary N) is 1. The molecule has 1 amide bonds. The molecular formula is C14H20N2O. The maximum Gasteiger partial charge on any atom is 0.253 e. The molecule has 1 fully saturated rings. The smallest absolute Gasteiger partial charge is 0.253 e. The monoisotopic (exact) mass is 232 g/mol. The Morgan fingerprint density at radius 3 is 2.82 bits per heavy atom. The topological polar surface area (TPSA) is 32.3 Å². The largest absolute Gasteiger partial charge is 0.342 e. The van der Waals surface area contributed by atoms with Crippen LogP contribution in [0.1, 0.15) is 22.3 Å². The number of carbonyl (C=O) groups is 1. The minimum atomic E-state index is 0.126. The van der Waals surface area contributed by atoms with E-state index in [-0.39, 0.29) is 5.91 Å². The SMILES string of the molecule is Cc1cccc(C(=O)N(C)CCC2CNC2)c1. The van der Waals surface area contributed by atoms with Crippen molar-refractivity contribution in [1.29, 1.82) is 0 Å². The number of hydrogen-bond acceptors (Lipinski definition) is 2. The van der Waals surface area contributed by atoms with Crippen LogP contribution < -0.4 is 5.32 Å². The first-order valence-corrected chi connectivity index (χ1v) is 6.19. The third-order valence-electron chi connectivity index (χ3n) is 3.35. The first-order chi connectivity index (χ1) is 8.16. The van der Waals surface area contributed by atoms with E-state index < -0.39 is 0 Å². The van der Waals surface area contributed by atoms with Crippen molar-refractivity contribution in [2.45, 2.75) is 13.3 Å². The lowest BCUT2D eigenvalue weighted by atomic mass is 9.99. The highest BCUT2D eigenvalue weighted by molar-refractivity contribution is 5.94. The van der Waals surface area contributed by atoms with Gasteiger partial charge in [0.05, 0.1) is 0 Å². The average Bonchev–Trinajstić information content (AvgIpc) is 2.25. The second-order valence-electron chi connectivity index (χ2n) is 4.91. The molecule has 2 rings (SSSR count). The lowest BCUT2D eigenvalue weighted by molar-refractivity contribution is 0.0782. The zero-order valence-electron chi connectivity index (χ0n) is 10.6. The van der Waals surface area contributed by atoms with Crippen LogP contribution in [0.25, 0.3) is 0 Å². The third-order valence-corrected chi connectivity index (χ3v) is 3.35. The molecule has 0 radical (unpaired) electrons. The standard InChI is InChI=1S/C14H20N2O/c1-11-4-3-5-13(8-11)14(17)16(2)7-6-12-9-15-10-12/h3-5,8,12,15H,6-7,9-10H2,1-2H3. The summed E-state index contributed by atoms with van der Waals surface area (Å²) in [6, 6.07) is 7.78. The zero-order valence-corrected chi connectivity index (χ0v) is 10.6. The third kappa shape index (κ3) is 3.07. The minimum absolute atomic E-state index is 0.126. The summed E-state index contributed by atoms with van der Waals surface area (Å²) in [4.78, 5) is 14.0. The first kappa shape index (κ1) is 12.1. The van der Waals surface area contributed by atoms with Gasteiger partial charge in [-0.25, -0.2) is 0 Å². The number of carbonyl (C=O) groups excluding carboxylic acids is 1. The molecule has 3 nitrogen and oxygen atoms in total. The number of amides is 1. The predicted octanol–water partition coefficient (Wildman–Crippen LogP) is 1.68. The quantitative estimate of drug-likeness (QED) is 0.856. The predicted molar refractivity (Wildman–Crippen MR) is 69.1 cm³/mol. The number of hydrogen-bond donors (Lipinski definition) is 1. The molecule has 1 N–H and O–H groups in total. The van der Waals surface area contributed by atoms with Gasteiger partial charge in [0.2, 0.25) is 0 Å². The van der Waals surface area contributed by atoms with Crippen molar-refractivity contribution in [1.82, 2.24) is 10.2 Å². The molecule has 1 aliphatic rings. The summed E-state index contributed by atoms with van der Waals surface area (Å²) in [7, 11) is 1.89. The van der Waals surface area contributed by atoms with Crippen LogP contribution in [0.15, 0.2) is 24.3 Å². The van der Waals surface area contributed by atoms with Gasteiger partial charge in [-0.05, 0) is 44.5 Å². The summed E-state index contributed by atoms with van der Waals surface area (Å²) in [5, 5.41) is 3.25. The molecule has 0 unspecified atom stereocenters. The van der Waals surface area contributed by atoms with Crippen molar-refractivity contribution < 1.29 is 4.79 Å². The maximum absolute atomic E-state index is 12.1. The number of benzene rings is 1. The van der Waals surface area contributed by atoms with E-state index in [9.17, 15) is 4.79 Å². The molecule has 0 saturated carbocycles. The molecule has 0 spiro atoms. The Labute approximate surface area is 103 Å². The fraction of sp³-hybridized carbons (Fsp3) is 0.500. The van der Waals surface area contributed by atoms with Gasteiger partial charge in [0.15, 0.2) is 0 Å². The second kappa shape index (κ2) is 5.32. The van der Waals surface area contributed by atoms with Crippen molar-refractivity contribution in [3.8, 4) is 0 Å². The van der Waals surface area contributed by atoms with Crippen LogP contribution in [0.3, 0.4) is 0 Å². The Morgan fingerprint density at radius 1 is 1.47 bits per heavy atom. The molecule has 1 aliphatic heterocycles. The second-order valence-corrected chi connectivity index (χ2v) is 4.91. The van der Waals surface area contributed by atoms with Crippen molar-refractivity contribution in [2.75, 3.05) is 26.7 Å². The minimum Gasteiger partial charge on any atom is -0.342 e. The van der Waals surface area contributed by atoms with Crippen LogP contribution in [0.2, 0.25) is 0 Å². The number of aryl methyl sites for hydroxylation is 1. The highest BCUT2D eigenvalue weighted by Gasteiger charge is 2.18. The Morgan fingerprint density at radius 2 is 2.24 bits per heavy atom. The van der Waals surface area contributed by atoms with Gasteiger partial charge in [0.25, 0.3) is 5.91 Å². The van der Waals surface area contributed by atoms with Crippen LogP contribution in [0.5, 0.6) is 0 Å². The van der Waals surface area contributed by atoms with Gasteiger partial charge >= 0.3 is 0 Å². The summed E-state index contributed by atoms with van der Waals surface area (Å²) in [5.74, 6) is 0.878. The van der Waals surface area contributed by atoms with Crippen LogP contribution >= 0.6 is 0 Å². The number of nitrogens with zero attached hydrogens (tertiary/aromatic N) is 1. The highest BCUT2D eigenvalue weighted by Crippen LogP contribution is 2.11. The van der Waals surface area contributed by atoms with Crippen molar-refractivity contribution >= 4 is 5.91 Å². The fourth-order valence-corrected chi connectivity index (χ4v) is 2.03. The van der Waals surface area contributed by atoms with E-state index in [2.05, 4.69) is 5.32 Å². The molecule has 0 aromatic heterocycles. The normalized spacial score (nSPS) is 15.4. The lowest BCUT2D eigenvalue weighted by Crippen LogP contribution is -2.43. The summed E-state index contributed by atoms with van der Waals surface area (Å²) in [6.45, 7) is 5.06. The molecule has 1 aromatic rings. The van der Waals surface area contributed by atoms with Crippen LogP contribution in [0.4, 0.5) is 0 Å². The van der Waals surface area contributed by atoms with Gasteiger partial charge in [-0.15, -0.1) is 0 Å². The Hall–Kier alpha value is -1.35. The summed E-state index contributed by atoms with van der Waals surface area (Å²) < 4.78 is 0. The molecule has 1 aromatic carbocycles. The van der Waals surface area contributed by atoms with Gasteiger partial charge in [0, 0.05) is 19.2 Å². The molecule has 1 saturated heterocycles. The molecule has 0 bridgehead atoms. The number of rotatable bonds is 4. The van der Waals surface area contributed by atoms with Gasteiger partial charge in [-0.1, -0.05) is 17.7 Å². The van der Waals surface area contributed by atoms with Gasteiger partial charge in [-0.2, -0.15) is 0 Å². The van der Waals surface area contributed by atoms with Gasteiger partial charge in [-0.3, -0.25) is 4.79 Å². The van der Waals surface area contributed by atoms with E-state index in [0.29, 0.717) is 0 Å². The summed E-state index contributed by atoms with van der Waals surface area (Å²) >= 11 is 0. The maximum atomic E-state index is 12.1. The van der Waals surface area contributed by atoms with Crippen molar-refractivity contribution in [3.05, 3.63) is 35.4 Å². The molecular weight excluding hydrogens is 212 g/mol. The van der Waals surface area contributed by atoms with E-state index in [1.54, 1.807) is 0 Å². The highest BCUT2D eigenvalue weighted by atomic mass is 16.2. The summed E-state index contributed by atoms with van der Waals surface area (Å²) in [6.07, 6.45) is 1.10. The van der Waals surface area contributed by atoms with Crippen LogP contribution in [-0.4, -0.2) is 37.5 Å². The molecule has 0 aliphatic carbocycles. The lowest BCUT2D eigenvalue weighted by Gasteiger charge is -2.29. The Kier molecular flexibility index (Phi) is 3.79. The van der Waals surface area contributed by atoms with Crippen molar-refractivity contribution in [3.63, 3.8) is 0 Å². The molecule has 17 heavy (non-hydrogen) atoms. The van der Waals surface area contributed by atoms with Crippen LogP contribution in [0, 0.1) is 12.8 Å². The van der Waals surface area contributed by atoms with E-state index in [0.717, 1.165) is 43.1 Å².